The van der Waals surface area contributed by atoms with Gasteiger partial charge in [0.15, 0.2) is 0 Å². The van der Waals surface area contributed by atoms with Crippen molar-refractivity contribution in [2.75, 3.05) is 18.0 Å². The number of urea groups is 1. The summed E-state index contributed by atoms with van der Waals surface area (Å²) in [6.07, 6.45) is 5.89. The van der Waals surface area contributed by atoms with Crippen LogP contribution in [0.1, 0.15) is 37.7 Å². The lowest BCUT2D eigenvalue weighted by Gasteiger charge is -2.30. The lowest BCUT2D eigenvalue weighted by Crippen LogP contribution is -2.47. The smallest absolute Gasteiger partial charge is 0.321 e. The largest absolute Gasteiger partial charge is 0.362 e. The second-order valence-electron chi connectivity index (χ2n) is 6.30. The SMILES string of the molecule is O=C(CN1CCCc2cc(F)ccc21)NC(=O)NC1CCCC1. The normalized spacial score (nSPS) is 17.7. The summed E-state index contributed by atoms with van der Waals surface area (Å²) < 4.78 is 13.3. The number of halogens is 1. The summed E-state index contributed by atoms with van der Waals surface area (Å²) in [5.74, 6) is -0.594. The molecule has 0 unspecified atom stereocenters. The highest BCUT2D eigenvalue weighted by molar-refractivity contribution is 5.96. The number of hydrogen-bond donors (Lipinski definition) is 2. The highest BCUT2D eigenvalue weighted by Crippen LogP contribution is 2.27. The average Bonchev–Trinajstić information content (AvgIpc) is 2.99. The predicted octanol–water partition coefficient (Wildman–Crippen LogP) is 2.35. The Bertz CT molecular complexity index is 600. The number of carbonyl (C=O) groups is 2. The van der Waals surface area contributed by atoms with Crippen molar-refractivity contribution in [2.45, 2.75) is 44.6 Å². The van der Waals surface area contributed by atoms with Crippen LogP contribution in [0, 0.1) is 5.82 Å². The maximum atomic E-state index is 13.3. The van der Waals surface area contributed by atoms with Crippen molar-refractivity contribution in [3.8, 4) is 0 Å². The highest BCUT2D eigenvalue weighted by Gasteiger charge is 2.22. The molecule has 1 aliphatic carbocycles. The van der Waals surface area contributed by atoms with Gasteiger partial charge < -0.3 is 10.2 Å². The number of aryl methyl sites for hydroxylation is 1. The Morgan fingerprint density at radius 2 is 2.00 bits per heavy atom. The summed E-state index contributed by atoms with van der Waals surface area (Å²) in [5.41, 5.74) is 1.79. The van der Waals surface area contributed by atoms with Crippen molar-refractivity contribution >= 4 is 17.6 Å². The van der Waals surface area contributed by atoms with Crippen LogP contribution in [0.25, 0.3) is 0 Å². The van der Waals surface area contributed by atoms with Gasteiger partial charge in [0.05, 0.1) is 6.54 Å². The summed E-state index contributed by atoms with van der Waals surface area (Å²) >= 11 is 0. The van der Waals surface area contributed by atoms with Gasteiger partial charge in [-0.2, -0.15) is 0 Å². The fourth-order valence-corrected chi connectivity index (χ4v) is 3.44. The van der Waals surface area contributed by atoms with E-state index in [1.54, 1.807) is 6.07 Å². The first-order chi connectivity index (χ1) is 11.1. The molecule has 3 rings (SSSR count). The van der Waals surface area contributed by atoms with Crippen molar-refractivity contribution < 1.29 is 14.0 Å². The van der Waals surface area contributed by atoms with E-state index in [0.717, 1.165) is 56.3 Å². The molecule has 23 heavy (non-hydrogen) atoms. The molecule has 0 aromatic heterocycles. The van der Waals surface area contributed by atoms with Crippen molar-refractivity contribution in [1.29, 1.82) is 0 Å². The van der Waals surface area contributed by atoms with Gasteiger partial charge in [-0.05, 0) is 49.4 Å². The van der Waals surface area contributed by atoms with Crippen LogP contribution in [0.5, 0.6) is 0 Å². The molecule has 0 bridgehead atoms. The molecular formula is C17H22FN3O2. The molecule has 1 aromatic carbocycles. The minimum atomic E-state index is -0.418. The summed E-state index contributed by atoms with van der Waals surface area (Å²) in [6, 6.07) is 4.39. The molecule has 124 valence electrons. The molecule has 0 atom stereocenters. The minimum Gasteiger partial charge on any atom is -0.362 e. The van der Waals surface area contributed by atoms with E-state index in [1.807, 2.05) is 4.90 Å². The van der Waals surface area contributed by atoms with E-state index >= 15 is 0 Å². The number of nitrogens with zero attached hydrogens (tertiary/aromatic N) is 1. The summed E-state index contributed by atoms with van der Waals surface area (Å²) in [4.78, 5) is 25.8. The summed E-state index contributed by atoms with van der Waals surface area (Å²) in [7, 11) is 0. The van der Waals surface area contributed by atoms with Crippen molar-refractivity contribution in [3.63, 3.8) is 0 Å². The molecule has 2 aliphatic rings. The molecule has 3 amide bonds. The lowest BCUT2D eigenvalue weighted by atomic mass is 10.0. The van der Waals surface area contributed by atoms with Crippen LogP contribution in [-0.2, 0) is 11.2 Å². The number of benzene rings is 1. The van der Waals surface area contributed by atoms with E-state index in [4.69, 9.17) is 0 Å². The summed E-state index contributed by atoms with van der Waals surface area (Å²) in [5, 5.41) is 5.23. The van der Waals surface area contributed by atoms with Crippen molar-refractivity contribution in [3.05, 3.63) is 29.6 Å². The average molecular weight is 319 g/mol. The zero-order valence-electron chi connectivity index (χ0n) is 13.1. The fraction of sp³-hybridized carbons (Fsp3) is 0.529. The van der Waals surface area contributed by atoms with Gasteiger partial charge in [-0.1, -0.05) is 12.8 Å². The van der Waals surface area contributed by atoms with E-state index in [9.17, 15) is 14.0 Å². The van der Waals surface area contributed by atoms with Gasteiger partial charge in [-0.25, -0.2) is 9.18 Å². The van der Waals surface area contributed by atoms with Crippen LogP contribution in [0.2, 0.25) is 0 Å². The monoisotopic (exact) mass is 319 g/mol. The standard InChI is InChI=1S/C17H22FN3O2/c18-13-7-8-15-12(10-13)4-3-9-21(15)11-16(22)20-17(23)19-14-5-1-2-6-14/h7-8,10,14H,1-6,9,11H2,(H2,19,20,22,23). The Labute approximate surface area is 135 Å². The molecule has 1 heterocycles. The number of imide groups is 1. The third-order valence-corrected chi connectivity index (χ3v) is 4.53. The number of hydrogen-bond acceptors (Lipinski definition) is 3. The Morgan fingerprint density at radius 3 is 2.78 bits per heavy atom. The number of anilines is 1. The van der Waals surface area contributed by atoms with Gasteiger partial charge in [-0.3, -0.25) is 10.1 Å². The van der Waals surface area contributed by atoms with Gasteiger partial charge in [0.2, 0.25) is 5.91 Å². The molecular weight excluding hydrogens is 297 g/mol. The zero-order chi connectivity index (χ0) is 16.2. The molecule has 0 spiro atoms. The Balaban J connectivity index is 1.55. The zero-order valence-corrected chi connectivity index (χ0v) is 13.1. The van der Waals surface area contributed by atoms with Crippen LogP contribution in [0.3, 0.4) is 0 Å². The van der Waals surface area contributed by atoms with Crippen molar-refractivity contribution in [2.24, 2.45) is 0 Å². The van der Waals surface area contributed by atoms with E-state index in [2.05, 4.69) is 10.6 Å². The van der Waals surface area contributed by atoms with Crippen LogP contribution >= 0.6 is 0 Å². The van der Waals surface area contributed by atoms with Crippen LogP contribution < -0.4 is 15.5 Å². The van der Waals surface area contributed by atoms with Gasteiger partial charge in [0, 0.05) is 18.3 Å². The number of fused-ring (bicyclic) bond motifs is 1. The van der Waals surface area contributed by atoms with E-state index in [0.29, 0.717) is 0 Å². The third-order valence-electron chi connectivity index (χ3n) is 4.53. The van der Waals surface area contributed by atoms with Crippen LogP contribution in [0.4, 0.5) is 14.9 Å². The number of nitrogens with one attached hydrogen (secondary N) is 2. The van der Waals surface area contributed by atoms with Gasteiger partial charge in [-0.15, -0.1) is 0 Å². The van der Waals surface area contributed by atoms with E-state index in [-0.39, 0.29) is 24.3 Å². The highest BCUT2D eigenvalue weighted by atomic mass is 19.1. The van der Waals surface area contributed by atoms with Gasteiger partial charge in [0.25, 0.3) is 0 Å². The molecule has 1 fully saturated rings. The van der Waals surface area contributed by atoms with Crippen LogP contribution in [-0.4, -0.2) is 31.1 Å². The van der Waals surface area contributed by atoms with E-state index in [1.165, 1.54) is 12.1 Å². The maximum Gasteiger partial charge on any atom is 0.321 e. The quantitative estimate of drug-likeness (QED) is 0.899. The first-order valence-corrected chi connectivity index (χ1v) is 8.25. The minimum absolute atomic E-state index is 0.108. The third kappa shape index (κ3) is 4.00. The second-order valence-corrected chi connectivity index (χ2v) is 6.30. The molecule has 5 nitrogen and oxygen atoms in total. The first kappa shape index (κ1) is 15.8. The summed E-state index contributed by atoms with van der Waals surface area (Å²) in [6.45, 7) is 0.840. The van der Waals surface area contributed by atoms with E-state index < -0.39 is 6.03 Å². The predicted molar refractivity (Wildman–Crippen MR) is 85.9 cm³/mol. The first-order valence-electron chi connectivity index (χ1n) is 8.25. The Hall–Kier alpha value is -2.11. The number of rotatable bonds is 3. The molecule has 1 aromatic rings. The number of carbonyl (C=O) groups excluding carboxylic acids is 2. The topological polar surface area (TPSA) is 61.4 Å². The van der Waals surface area contributed by atoms with Gasteiger partial charge >= 0.3 is 6.03 Å². The molecule has 2 N–H and O–H groups in total. The van der Waals surface area contributed by atoms with Gasteiger partial charge in [0.1, 0.15) is 5.82 Å². The number of amides is 3. The molecule has 1 aliphatic heterocycles. The Kier molecular flexibility index (Phi) is 4.79. The molecule has 1 saturated carbocycles. The fourth-order valence-electron chi connectivity index (χ4n) is 3.44. The van der Waals surface area contributed by atoms with Crippen molar-refractivity contribution in [1.82, 2.24) is 10.6 Å². The lowest BCUT2D eigenvalue weighted by molar-refractivity contribution is -0.118. The molecule has 0 saturated heterocycles. The van der Waals surface area contributed by atoms with Crippen LogP contribution in [0.15, 0.2) is 18.2 Å². The maximum absolute atomic E-state index is 13.3. The molecule has 0 radical (unpaired) electrons. The molecule has 6 heteroatoms. The Morgan fingerprint density at radius 1 is 1.22 bits per heavy atom. The second kappa shape index (κ2) is 6.98.